The van der Waals surface area contributed by atoms with E-state index in [1.165, 1.54) is 16.8 Å². The quantitative estimate of drug-likeness (QED) is 0.376. The van der Waals surface area contributed by atoms with Crippen LogP contribution in [-0.2, 0) is 4.79 Å². The molecule has 2 aliphatic rings. The van der Waals surface area contributed by atoms with Crippen LogP contribution in [0.5, 0.6) is 0 Å². The molecule has 0 saturated carbocycles. The van der Waals surface area contributed by atoms with Gasteiger partial charge in [-0.3, -0.25) is 14.4 Å². The minimum absolute atomic E-state index is 0.189. The second-order valence-corrected chi connectivity index (χ2v) is 10.9. The number of carbonyl (C=O) groups excluding carboxylic acids is 3. The van der Waals surface area contributed by atoms with Crippen LogP contribution in [0.4, 0.5) is 17.1 Å². The largest absolute Gasteiger partial charge is 0.456 e. The van der Waals surface area contributed by atoms with Crippen LogP contribution in [0.2, 0.25) is 0 Å². The number of anilines is 3. The van der Waals surface area contributed by atoms with E-state index in [9.17, 15) is 14.4 Å². The Hall–Kier alpha value is -4.27. The molecule has 2 aromatic carbocycles. The van der Waals surface area contributed by atoms with Crippen LogP contribution in [0.25, 0.3) is 0 Å². The molecule has 9 nitrogen and oxygen atoms in total. The average molecular weight is 558 g/mol. The number of likely N-dealkylation sites (tertiary alicyclic amines) is 1. The number of aryl methyl sites for hydroxylation is 3. The fraction of sp³-hybridized carbons (Fsp3) is 0.406. The third-order valence-electron chi connectivity index (χ3n) is 7.91. The maximum absolute atomic E-state index is 13.1. The number of hydrogen-bond acceptors (Lipinski definition) is 6. The first-order valence-electron chi connectivity index (χ1n) is 14.4. The van der Waals surface area contributed by atoms with Gasteiger partial charge in [0, 0.05) is 63.5 Å². The summed E-state index contributed by atoms with van der Waals surface area (Å²) in [5.74, 6) is 0.491. The molecule has 3 amide bonds. The van der Waals surface area contributed by atoms with E-state index in [-0.39, 0.29) is 23.5 Å². The number of para-hydroxylation sites is 1. The van der Waals surface area contributed by atoms with Gasteiger partial charge in [0.1, 0.15) is 5.76 Å². The van der Waals surface area contributed by atoms with Crippen molar-refractivity contribution in [3.63, 3.8) is 0 Å². The molecular weight excluding hydrogens is 518 g/mol. The van der Waals surface area contributed by atoms with Crippen LogP contribution < -0.4 is 20.4 Å². The fourth-order valence-corrected chi connectivity index (χ4v) is 5.78. The highest BCUT2D eigenvalue weighted by Gasteiger charge is 2.24. The maximum atomic E-state index is 13.1. The predicted molar refractivity (Wildman–Crippen MR) is 161 cm³/mol. The molecule has 0 spiro atoms. The van der Waals surface area contributed by atoms with Crippen molar-refractivity contribution in [1.82, 2.24) is 10.2 Å². The molecule has 0 bridgehead atoms. The highest BCUT2D eigenvalue weighted by molar-refractivity contribution is 6.05. The van der Waals surface area contributed by atoms with E-state index in [2.05, 4.69) is 52.5 Å². The SMILES string of the molecule is Cc1ccc(C(=O)Nc2cc(C(=O)NCCCN3CCCC3=O)ccc2N2CCN(c3c(C)cccc3C)CC2)o1. The maximum Gasteiger partial charge on any atom is 0.291 e. The summed E-state index contributed by atoms with van der Waals surface area (Å²) < 4.78 is 5.54. The smallest absolute Gasteiger partial charge is 0.291 e. The van der Waals surface area contributed by atoms with Gasteiger partial charge in [-0.2, -0.15) is 0 Å². The molecule has 2 saturated heterocycles. The molecule has 5 rings (SSSR count). The summed E-state index contributed by atoms with van der Waals surface area (Å²) in [7, 11) is 0. The number of furan rings is 1. The molecule has 0 atom stereocenters. The molecule has 41 heavy (non-hydrogen) atoms. The lowest BCUT2D eigenvalue weighted by molar-refractivity contribution is -0.127. The van der Waals surface area contributed by atoms with Gasteiger partial charge in [0.25, 0.3) is 11.8 Å². The molecule has 216 valence electrons. The van der Waals surface area contributed by atoms with Crippen molar-refractivity contribution in [2.45, 2.75) is 40.0 Å². The number of carbonyl (C=O) groups is 3. The number of piperazine rings is 1. The Bertz CT molecular complexity index is 1400. The van der Waals surface area contributed by atoms with Gasteiger partial charge >= 0.3 is 0 Å². The number of nitrogens with zero attached hydrogens (tertiary/aromatic N) is 3. The van der Waals surface area contributed by atoms with Crippen LogP contribution in [0, 0.1) is 20.8 Å². The topological polar surface area (TPSA) is 98.1 Å². The summed E-state index contributed by atoms with van der Waals surface area (Å²) >= 11 is 0. The predicted octanol–water partition coefficient (Wildman–Crippen LogP) is 4.53. The van der Waals surface area contributed by atoms with Crippen molar-refractivity contribution in [3.8, 4) is 0 Å². The summed E-state index contributed by atoms with van der Waals surface area (Å²) in [6.07, 6.45) is 2.22. The Kier molecular flexibility index (Phi) is 8.61. The molecule has 2 aliphatic heterocycles. The number of rotatable bonds is 9. The molecule has 3 aromatic rings. The average Bonchev–Trinajstić information content (AvgIpc) is 3.59. The van der Waals surface area contributed by atoms with Crippen molar-refractivity contribution in [2.75, 3.05) is 60.9 Å². The van der Waals surface area contributed by atoms with E-state index in [1.54, 1.807) is 31.2 Å². The Labute approximate surface area is 241 Å². The van der Waals surface area contributed by atoms with Gasteiger partial charge in [-0.05, 0) is 75.1 Å². The van der Waals surface area contributed by atoms with Crippen molar-refractivity contribution >= 4 is 34.8 Å². The summed E-state index contributed by atoms with van der Waals surface area (Å²) in [5.41, 5.74) is 5.72. The van der Waals surface area contributed by atoms with E-state index in [0.29, 0.717) is 42.9 Å². The van der Waals surface area contributed by atoms with Crippen molar-refractivity contribution in [3.05, 3.63) is 76.7 Å². The van der Waals surface area contributed by atoms with Gasteiger partial charge in [0.05, 0.1) is 11.4 Å². The summed E-state index contributed by atoms with van der Waals surface area (Å²) in [5, 5.41) is 5.95. The molecule has 2 N–H and O–H groups in total. The third-order valence-corrected chi connectivity index (χ3v) is 7.91. The first kappa shape index (κ1) is 28.3. The van der Waals surface area contributed by atoms with Crippen LogP contribution in [-0.4, -0.2) is 68.4 Å². The van der Waals surface area contributed by atoms with Gasteiger partial charge in [-0.15, -0.1) is 0 Å². The minimum Gasteiger partial charge on any atom is -0.456 e. The van der Waals surface area contributed by atoms with Crippen LogP contribution >= 0.6 is 0 Å². The van der Waals surface area contributed by atoms with Crippen molar-refractivity contribution < 1.29 is 18.8 Å². The summed E-state index contributed by atoms with van der Waals surface area (Å²) in [4.78, 5) is 44.4. The van der Waals surface area contributed by atoms with Crippen LogP contribution in [0.3, 0.4) is 0 Å². The lowest BCUT2D eigenvalue weighted by atomic mass is 10.1. The molecule has 1 aromatic heterocycles. The lowest BCUT2D eigenvalue weighted by Gasteiger charge is -2.39. The molecule has 3 heterocycles. The Morgan fingerprint density at radius 2 is 1.61 bits per heavy atom. The molecule has 9 heteroatoms. The first-order valence-corrected chi connectivity index (χ1v) is 14.4. The molecule has 0 aliphatic carbocycles. The van der Waals surface area contributed by atoms with E-state index in [4.69, 9.17) is 4.42 Å². The zero-order valence-corrected chi connectivity index (χ0v) is 24.2. The zero-order chi connectivity index (χ0) is 28.9. The fourth-order valence-electron chi connectivity index (χ4n) is 5.78. The lowest BCUT2D eigenvalue weighted by Crippen LogP contribution is -2.47. The monoisotopic (exact) mass is 557 g/mol. The number of amides is 3. The van der Waals surface area contributed by atoms with Gasteiger partial charge in [0.2, 0.25) is 5.91 Å². The number of hydrogen-bond donors (Lipinski definition) is 2. The number of benzene rings is 2. The third kappa shape index (κ3) is 6.56. The number of nitrogens with one attached hydrogen (secondary N) is 2. The minimum atomic E-state index is -0.360. The highest BCUT2D eigenvalue weighted by Crippen LogP contribution is 2.31. The summed E-state index contributed by atoms with van der Waals surface area (Å²) in [6.45, 7) is 11.2. The van der Waals surface area contributed by atoms with E-state index in [1.807, 2.05) is 11.0 Å². The molecule has 2 fully saturated rings. The molecular formula is C32H39N5O4. The Morgan fingerprint density at radius 1 is 0.878 bits per heavy atom. The second kappa shape index (κ2) is 12.5. The van der Waals surface area contributed by atoms with Crippen LogP contribution in [0.1, 0.15) is 57.1 Å². The Morgan fingerprint density at radius 3 is 2.27 bits per heavy atom. The van der Waals surface area contributed by atoms with E-state index < -0.39 is 0 Å². The van der Waals surface area contributed by atoms with E-state index in [0.717, 1.165) is 44.8 Å². The van der Waals surface area contributed by atoms with E-state index >= 15 is 0 Å². The standard InChI is InChI=1S/C32H39N5O4/c1-22-7-4-8-23(2)30(22)37-19-17-35(18-20-37)27-12-11-25(21-26(27)34-32(40)28-13-10-24(3)41-28)31(39)33-14-6-16-36-15-5-9-29(36)38/h4,7-8,10-13,21H,5-6,9,14-20H2,1-3H3,(H,33,39)(H,34,40). The van der Waals surface area contributed by atoms with Crippen molar-refractivity contribution in [1.29, 1.82) is 0 Å². The normalized spacial score (nSPS) is 15.4. The van der Waals surface area contributed by atoms with Crippen molar-refractivity contribution in [2.24, 2.45) is 0 Å². The first-order chi connectivity index (χ1) is 19.8. The second-order valence-electron chi connectivity index (χ2n) is 10.9. The molecule has 0 unspecified atom stereocenters. The summed E-state index contributed by atoms with van der Waals surface area (Å²) in [6, 6.07) is 15.2. The molecule has 0 radical (unpaired) electrons. The Balaban J connectivity index is 1.29. The van der Waals surface area contributed by atoms with Gasteiger partial charge in [0.15, 0.2) is 5.76 Å². The van der Waals surface area contributed by atoms with Gasteiger partial charge in [-0.25, -0.2) is 0 Å². The van der Waals surface area contributed by atoms with Gasteiger partial charge in [-0.1, -0.05) is 18.2 Å². The van der Waals surface area contributed by atoms with Gasteiger partial charge < -0.3 is 29.8 Å². The van der Waals surface area contributed by atoms with Crippen LogP contribution in [0.15, 0.2) is 52.9 Å². The zero-order valence-electron chi connectivity index (χ0n) is 24.2. The highest BCUT2D eigenvalue weighted by atomic mass is 16.3.